The number of aliphatic hydroxyl groups excluding tert-OH is 1. The average molecular weight is 317 g/mol. The van der Waals surface area contributed by atoms with Crippen LogP contribution in [0.1, 0.15) is 26.3 Å². The van der Waals surface area contributed by atoms with E-state index in [0.717, 1.165) is 0 Å². The van der Waals surface area contributed by atoms with E-state index in [-0.39, 0.29) is 18.1 Å². The fourth-order valence-electron chi connectivity index (χ4n) is 1.96. The van der Waals surface area contributed by atoms with Crippen molar-refractivity contribution < 1.29 is 23.0 Å². The third kappa shape index (κ3) is 4.96. The first-order valence-electron chi connectivity index (χ1n) is 6.65. The van der Waals surface area contributed by atoms with Gasteiger partial charge in [0.15, 0.2) is 0 Å². The van der Waals surface area contributed by atoms with Crippen LogP contribution in [0.4, 0.5) is 0 Å². The van der Waals surface area contributed by atoms with Crippen molar-refractivity contribution in [2.24, 2.45) is 0 Å². The second-order valence-electron chi connectivity index (χ2n) is 5.28. The molecule has 0 aromatic heterocycles. The van der Waals surface area contributed by atoms with Crippen molar-refractivity contribution in [3.8, 4) is 5.75 Å². The monoisotopic (exact) mass is 317 g/mol. The molecule has 6 nitrogen and oxygen atoms in total. The number of benzene rings is 1. The number of hydrogen-bond donors (Lipinski definition) is 2. The highest BCUT2D eigenvalue weighted by atomic mass is 32.2. The summed E-state index contributed by atoms with van der Waals surface area (Å²) in [5.74, 6) is 0.482. The predicted octanol–water partition coefficient (Wildman–Crippen LogP) is 1.28. The van der Waals surface area contributed by atoms with Crippen molar-refractivity contribution in [1.29, 1.82) is 0 Å². The summed E-state index contributed by atoms with van der Waals surface area (Å²) in [6, 6.07) is 4.42. The molecule has 21 heavy (non-hydrogen) atoms. The first-order chi connectivity index (χ1) is 9.75. The topological polar surface area (TPSA) is 84.9 Å². The van der Waals surface area contributed by atoms with Crippen molar-refractivity contribution in [3.63, 3.8) is 0 Å². The molecule has 0 atom stereocenters. The molecule has 0 heterocycles. The Morgan fingerprint density at radius 1 is 1.33 bits per heavy atom. The maximum atomic E-state index is 12.4. The highest BCUT2D eigenvalue weighted by Crippen LogP contribution is 2.23. The van der Waals surface area contributed by atoms with E-state index in [1.54, 1.807) is 19.9 Å². The van der Waals surface area contributed by atoms with Crippen LogP contribution in [-0.4, -0.2) is 39.4 Å². The molecule has 2 N–H and O–H groups in total. The Bertz CT molecular complexity index is 569. The van der Waals surface area contributed by atoms with E-state index in [0.29, 0.717) is 17.9 Å². The number of rotatable bonds is 8. The van der Waals surface area contributed by atoms with E-state index in [4.69, 9.17) is 9.47 Å². The van der Waals surface area contributed by atoms with Gasteiger partial charge in [0, 0.05) is 12.7 Å². The molecule has 1 aromatic carbocycles. The van der Waals surface area contributed by atoms with Crippen LogP contribution in [0.15, 0.2) is 23.1 Å². The van der Waals surface area contributed by atoms with Gasteiger partial charge in [-0.25, -0.2) is 13.1 Å². The number of sulfonamides is 1. The zero-order valence-corrected chi connectivity index (χ0v) is 13.7. The molecule has 0 amide bonds. The van der Waals surface area contributed by atoms with Crippen molar-refractivity contribution in [1.82, 2.24) is 4.72 Å². The summed E-state index contributed by atoms with van der Waals surface area (Å²) in [5, 5.41) is 9.34. The minimum Gasteiger partial charge on any atom is -0.494 e. The maximum absolute atomic E-state index is 12.4. The summed E-state index contributed by atoms with van der Waals surface area (Å²) in [5.41, 5.74) is -0.296. The van der Waals surface area contributed by atoms with Crippen molar-refractivity contribution in [2.75, 3.05) is 20.3 Å². The normalized spacial score (nSPS) is 12.4. The molecule has 7 heteroatoms. The molecule has 120 valence electrons. The van der Waals surface area contributed by atoms with Crippen LogP contribution in [0.3, 0.4) is 0 Å². The lowest BCUT2D eigenvalue weighted by Crippen LogP contribution is -2.46. The summed E-state index contributed by atoms with van der Waals surface area (Å²) in [7, 11) is -2.19. The predicted molar refractivity (Wildman–Crippen MR) is 79.8 cm³/mol. The number of ether oxygens (including phenoxy) is 2. The van der Waals surface area contributed by atoms with Crippen LogP contribution in [0.5, 0.6) is 5.75 Å². The molecule has 0 fully saturated rings. The highest BCUT2D eigenvalue weighted by Gasteiger charge is 2.26. The third-order valence-corrected chi connectivity index (χ3v) is 4.42. The van der Waals surface area contributed by atoms with Gasteiger partial charge in [0.1, 0.15) is 5.75 Å². The van der Waals surface area contributed by atoms with Gasteiger partial charge in [-0.05, 0) is 39.0 Å². The van der Waals surface area contributed by atoms with E-state index >= 15 is 0 Å². The Morgan fingerprint density at radius 2 is 2.00 bits per heavy atom. The quantitative estimate of drug-likeness (QED) is 0.754. The Labute approximate surface area is 126 Å². The van der Waals surface area contributed by atoms with Gasteiger partial charge in [0.2, 0.25) is 10.0 Å². The largest absolute Gasteiger partial charge is 0.494 e. The van der Waals surface area contributed by atoms with E-state index in [9.17, 15) is 13.5 Å². The highest BCUT2D eigenvalue weighted by molar-refractivity contribution is 7.89. The Balaban J connectivity index is 3.09. The lowest BCUT2D eigenvalue weighted by Gasteiger charge is -2.25. The Kier molecular flexibility index (Phi) is 6.15. The number of hydrogen-bond acceptors (Lipinski definition) is 5. The summed E-state index contributed by atoms with van der Waals surface area (Å²) in [4.78, 5) is 0.0826. The molecule has 0 saturated carbocycles. The van der Waals surface area contributed by atoms with Gasteiger partial charge >= 0.3 is 0 Å². The second-order valence-corrected chi connectivity index (χ2v) is 6.97. The Morgan fingerprint density at radius 3 is 2.52 bits per heavy atom. The van der Waals surface area contributed by atoms with E-state index < -0.39 is 15.6 Å². The molecule has 0 saturated heterocycles. The third-order valence-electron chi connectivity index (χ3n) is 2.73. The molecule has 0 bridgehead atoms. The minimum atomic E-state index is -3.70. The van der Waals surface area contributed by atoms with Crippen molar-refractivity contribution >= 4 is 10.0 Å². The van der Waals surface area contributed by atoms with Crippen LogP contribution in [0.25, 0.3) is 0 Å². The Hall–Kier alpha value is -1.15. The lowest BCUT2D eigenvalue weighted by molar-refractivity contribution is 0.141. The summed E-state index contributed by atoms with van der Waals surface area (Å²) in [6.45, 7) is 5.68. The molecule has 0 radical (unpaired) electrons. The fraction of sp³-hybridized carbons (Fsp3) is 0.571. The fourth-order valence-corrected chi connectivity index (χ4v) is 3.40. The van der Waals surface area contributed by atoms with Gasteiger partial charge in [0.05, 0.1) is 30.3 Å². The van der Waals surface area contributed by atoms with Gasteiger partial charge in [-0.3, -0.25) is 0 Å². The van der Waals surface area contributed by atoms with Gasteiger partial charge in [-0.1, -0.05) is 0 Å². The van der Waals surface area contributed by atoms with E-state index in [2.05, 4.69) is 4.72 Å². The minimum absolute atomic E-state index is 0.0826. The molecular formula is C14H23NO5S. The van der Waals surface area contributed by atoms with E-state index in [1.807, 2.05) is 6.92 Å². The van der Waals surface area contributed by atoms with Crippen LogP contribution in [0.2, 0.25) is 0 Å². The van der Waals surface area contributed by atoms with Gasteiger partial charge in [-0.2, -0.15) is 0 Å². The summed E-state index contributed by atoms with van der Waals surface area (Å²) < 4.78 is 37.7. The van der Waals surface area contributed by atoms with Crippen LogP contribution >= 0.6 is 0 Å². The van der Waals surface area contributed by atoms with Crippen LogP contribution in [0, 0.1) is 0 Å². The zero-order valence-electron chi connectivity index (χ0n) is 12.8. The lowest BCUT2D eigenvalue weighted by atomic mass is 10.1. The first-order valence-corrected chi connectivity index (χ1v) is 8.13. The molecule has 0 unspecified atom stereocenters. The first kappa shape index (κ1) is 17.9. The van der Waals surface area contributed by atoms with Crippen molar-refractivity contribution in [3.05, 3.63) is 23.8 Å². The van der Waals surface area contributed by atoms with Gasteiger partial charge in [-0.15, -0.1) is 0 Å². The van der Waals surface area contributed by atoms with Gasteiger partial charge < -0.3 is 14.6 Å². The van der Waals surface area contributed by atoms with Crippen molar-refractivity contribution in [2.45, 2.75) is 37.8 Å². The summed E-state index contributed by atoms with van der Waals surface area (Å²) >= 11 is 0. The number of aliphatic hydroxyl groups is 1. The smallest absolute Gasteiger partial charge is 0.241 e. The number of nitrogens with one attached hydrogen (secondary N) is 1. The maximum Gasteiger partial charge on any atom is 0.241 e. The van der Waals surface area contributed by atoms with Gasteiger partial charge in [0.25, 0.3) is 0 Å². The SMILES string of the molecule is CCOc1ccc(S(=O)(=O)NC(C)(C)COC)cc1CO. The molecule has 1 aromatic rings. The summed E-state index contributed by atoms with van der Waals surface area (Å²) in [6.07, 6.45) is 0. The standard InChI is InChI=1S/C14H23NO5S/c1-5-20-13-7-6-12(8-11(13)9-16)21(17,18)15-14(2,3)10-19-4/h6-8,15-16H,5,9-10H2,1-4H3. The molecule has 0 aliphatic heterocycles. The average Bonchev–Trinajstić information content (AvgIpc) is 2.37. The molecular weight excluding hydrogens is 294 g/mol. The van der Waals surface area contributed by atoms with Crippen LogP contribution < -0.4 is 9.46 Å². The zero-order chi connectivity index (χ0) is 16.1. The molecule has 0 aliphatic rings. The van der Waals surface area contributed by atoms with Crippen LogP contribution in [-0.2, 0) is 21.4 Å². The molecule has 1 rings (SSSR count). The second kappa shape index (κ2) is 7.22. The molecule has 0 aliphatic carbocycles. The molecule has 0 spiro atoms. The van der Waals surface area contributed by atoms with E-state index in [1.165, 1.54) is 19.2 Å². The number of methoxy groups -OCH3 is 1.